The number of pyridine rings is 2. The Hall–Kier alpha value is -7.26. The van der Waals surface area contributed by atoms with Crippen molar-refractivity contribution in [2.24, 2.45) is 17.8 Å². The Kier molecular flexibility index (Phi) is 25.3. The zero-order valence-electron chi connectivity index (χ0n) is 55.0. The number of nitrogens with one attached hydrogen (secondary N) is 5. The number of nitrogens with zero attached hydrogens (tertiary/aromatic N) is 4. The minimum absolute atomic E-state index is 0.0124. The number of benzene rings is 4. The number of para-hydroxylation sites is 1. The molecule has 92 heavy (non-hydrogen) atoms. The summed E-state index contributed by atoms with van der Waals surface area (Å²) in [7, 11) is 0. The van der Waals surface area contributed by atoms with Crippen LogP contribution >= 0.6 is 11.8 Å². The standard InChI is InChI=1S/C41H52N6O5.C32H45N3O4S/c1-27(2)37(45-38(49)33-16-15-30-13-9-10-14-32(30)43-33)40(51)44-34(23-28-11-7-6-8-12-28)36(48)25-47-22-19-31(52-26-29-17-20-42-21-18-29)24-35(47)39(50)46-41(3,4)5;1-21-25(15-10-16-28(21)36)30(38)33-26(20-40-24-13-6-5-7-14-24)29(37)19-35-18-23-12-9-8-11-22(23)17-27(35)31(39)34-32(2,3)4/h6-18,20-21,27,31,34-37,48H,19,22-26H2,1-5H3,(H,44,51)(H,45,49)(H,46,50);5-7,10,13-16,22-23,26-27,29,36-37H,8-9,11-12,17-20H2,1-4H3,(H,33,38)(H,34,39)/t31-,34+,35+,36-,37+;22-,23+,26-,27-,29+/m10/s1. The molecule has 1 saturated carbocycles. The third-order valence-corrected chi connectivity index (χ3v) is 18.6. The van der Waals surface area contributed by atoms with Gasteiger partial charge in [-0.1, -0.05) is 112 Å². The molecule has 9 rings (SSSR count). The SMILES string of the molecule is CC(C)[C@H](NC(=O)c1ccc2ccccc2n1)C(=O)N[C@@H](Cc1ccccc1)[C@H](O)CN1CC[C@@H](OCc2ccncc2)C[C@H]1C(=O)NC(C)(C)C.Cc1c(O)cccc1C(=O)N[C@@H](CSc1ccccc1)[C@H](O)CN1C[C@H]2CCCC[C@H]2C[C@H]1C(=O)NC(C)(C)C. The number of ether oxygens (including phenoxy) is 1. The van der Waals surface area contributed by atoms with E-state index in [1.807, 2.05) is 163 Å². The first-order valence-electron chi connectivity index (χ1n) is 32.6. The number of piperidine rings is 2. The van der Waals surface area contributed by atoms with E-state index in [0.717, 1.165) is 47.2 Å². The fourth-order valence-electron chi connectivity index (χ4n) is 12.6. The number of aromatic hydroxyl groups is 1. The van der Waals surface area contributed by atoms with Crippen LogP contribution in [0.1, 0.15) is 138 Å². The van der Waals surface area contributed by atoms with Crippen LogP contribution in [-0.2, 0) is 32.1 Å². The molecule has 0 bridgehead atoms. The second kappa shape index (κ2) is 33.0. The van der Waals surface area contributed by atoms with Crippen molar-refractivity contribution >= 4 is 52.2 Å². The predicted molar refractivity (Wildman–Crippen MR) is 362 cm³/mol. The summed E-state index contributed by atoms with van der Waals surface area (Å²) in [6.45, 7) is 19.4. The molecule has 8 N–H and O–H groups in total. The zero-order valence-corrected chi connectivity index (χ0v) is 55.8. The lowest BCUT2D eigenvalue weighted by Gasteiger charge is -2.47. The second-order valence-corrected chi connectivity index (χ2v) is 28.6. The Labute approximate surface area is 547 Å². The Morgan fingerprint density at radius 2 is 1.27 bits per heavy atom. The number of β-amino-alcohol motifs (C(OH)–C–C–N with tert-alkyl or cyclic N) is 2. The van der Waals surface area contributed by atoms with Gasteiger partial charge < -0.3 is 46.6 Å². The normalized spacial score (nSPS) is 20.4. The largest absolute Gasteiger partial charge is 0.508 e. The number of rotatable bonds is 23. The smallest absolute Gasteiger partial charge is 0.270 e. The van der Waals surface area contributed by atoms with Gasteiger partial charge in [0, 0.05) is 76.8 Å². The van der Waals surface area contributed by atoms with Crippen molar-refractivity contribution in [2.75, 3.05) is 31.9 Å². The number of aromatic nitrogens is 2. The molecule has 4 aromatic carbocycles. The minimum atomic E-state index is -1.03. The van der Waals surface area contributed by atoms with Gasteiger partial charge >= 0.3 is 0 Å². The van der Waals surface area contributed by atoms with Gasteiger partial charge in [0.25, 0.3) is 11.8 Å². The molecule has 3 aliphatic rings. The van der Waals surface area contributed by atoms with E-state index >= 15 is 0 Å². The number of hydrogen-bond acceptors (Lipinski definition) is 14. The van der Waals surface area contributed by atoms with Crippen molar-refractivity contribution in [1.29, 1.82) is 0 Å². The Morgan fingerprint density at radius 3 is 1.95 bits per heavy atom. The van der Waals surface area contributed by atoms with Gasteiger partial charge in [0.05, 0.1) is 54.6 Å². The quantitative estimate of drug-likeness (QED) is 0.0279. The van der Waals surface area contributed by atoms with E-state index in [-0.39, 0.29) is 59.3 Å². The van der Waals surface area contributed by atoms with E-state index in [9.17, 15) is 39.3 Å². The van der Waals surface area contributed by atoms with Crippen molar-refractivity contribution < 1.29 is 44.0 Å². The highest BCUT2D eigenvalue weighted by Crippen LogP contribution is 2.39. The molecule has 2 aromatic heterocycles. The summed E-state index contributed by atoms with van der Waals surface area (Å²) in [5.74, 6) is 0.0194. The minimum Gasteiger partial charge on any atom is -0.508 e. The average Bonchev–Trinajstić information content (AvgIpc) is 0.981. The molecule has 0 radical (unpaired) electrons. The Balaban J connectivity index is 0.000000245. The summed E-state index contributed by atoms with van der Waals surface area (Å²) in [6, 6.07) is 36.3. The van der Waals surface area contributed by atoms with Crippen LogP contribution in [0.15, 0.2) is 145 Å². The van der Waals surface area contributed by atoms with Crippen LogP contribution in [0.3, 0.4) is 0 Å². The average molecular weight is 1280 g/mol. The molecule has 494 valence electrons. The first kappa shape index (κ1) is 70.6. The third kappa shape index (κ3) is 20.9. The van der Waals surface area contributed by atoms with Crippen LogP contribution in [0.25, 0.3) is 10.9 Å². The molecule has 5 amide bonds. The van der Waals surface area contributed by atoms with Gasteiger partial charge in [0.2, 0.25) is 17.7 Å². The van der Waals surface area contributed by atoms with E-state index in [1.54, 1.807) is 55.3 Å². The zero-order chi connectivity index (χ0) is 66.1. The number of carbonyl (C=O) groups excluding carboxylic acids is 5. The number of likely N-dealkylation sites (tertiary alicyclic amines) is 2. The molecule has 0 unspecified atom stereocenters. The van der Waals surface area contributed by atoms with Crippen LogP contribution in [0.5, 0.6) is 5.75 Å². The lowest BCUT2D eigenvalue weighted by atomic mass is 9.72. The monoisotopic (exact) mass is 1280 g/mol. The van der Waals surface area contributed by atoms with Crippen molar-refractivity contribution in [3.8, 4) is 5.75 Å². The molecular weight excluding hydrogens is 1180 g/mol. The number of amides is 5. The molecule has 19 heteroatoms. The molecule has 0 spiro atoms. The predicted octanol–water partition coefficient (Wildman–Crippen LogP) is 9.18. The number of carbonyl (C=O) groups is 5. The number of hydrogen-bond donors (Lipinski definition) is 8. The van der Waals surface area contributed by atoms with Crippen LogP contribution in [0.2, 0.25) is 0 Å². The maximum absolute atomic E-state index is 14.0. The lowest BCUT2D eigenvalue weighted by molar-refractivity contribution is -0.134. The van der Waals surface area contributed by atoms with Crippen molar-refractivity contribution in [1.82, 2.24) is 46.4 Å². The summed E-state index contributed by atoms with van der Waals surface area (Å²) < 4.78 is 6.25. The summed E-state index contributed by atoms with van der Waals surface area (Å²) in [4.78, 5) is 81.6. The first-order valence-corrected chi connectivity index (χ1v) is 33.6. The number of phenols is 1. The summed E-state index contributed by atoms with van der Waals surface area (Å²) in [6.07, 6.45) is 8.43. The van der Waals surface area contributed by atoms with Crippen LogP contribution in [-0.4, -0.2) is 156 Å². The molecule has 1 aliphatic carbocycles. The topological polar surface area (TPSA) is 248 Å². The first-order chi connectivity index (χ1) is 43.9. The maximum atomic E-state index is 14.0. The van der Waals surface area contributed by atoms with E-state index in [1.165, 1.54) is 12.8 Å². The van der Waals surface area contributed by atoms with E-state index < -0.39 is 53.7 Å². The van der Waals surface area contributed by atoms with E-state index in [2.05, 4.69) is 41.5 Å². The number of thioether (sulfide) groups is 1. The molecule has 2 saturated heterocycles. The van der Waals surface area contributed by atoms with Crippen LogP contribution < -0.4 is 26.6 Å². The summed E-state index contributed by atoms with van der Waals surface area (Å²) in [5.41, 5.74) is 2.93. The highest BCUT2D eigenvalue weighted by molar-refractivity contribution is 7.99. The number of fused-ring (bicyclic) bond motifs is 2. The second-order valence-electron chi connectivity index (χ2n) is 27.5. The van der Waals surface area contributed by atoms with Gasteiger partial charge in [-0.2, -0.15) is 0 Å². The number of phenolic OH excluding ortho intramolecular Hbond substituents is 1. The van der Waals surface area contributed by atoms with Crippen molar-refractivity contribution in [2.45, 2.75) is 185 Å². The van der Waals surface area contributed by atoms with Gasteiger partial charge in [0.1, 0.15) is 17.5 Å². The van der Waals surface area contributed by atoms with Crippen molar-refractivity contribution in [3.63, 3.8) is 0 Å². The van der Waals surface area contributed by atoms with Gasteiger partial charge in [-0.15, -0.1) is 11.8 Å². The van der Waals surface area contributed by atoms with Gasteiger partial charge in [0.15, 0.2) is 0 Å². The summed E-state index contributed by atoms with van der Waals surface area (Å²) in [5, 5.41) is 49.9. The molecular formula is C73H97N9O9S. The van der Waals surface area contributed by atoms with Gasteiger partial charge in [-0.3, -0.25) is 38.8 Å². The highest BCUT2D eigenvalue weighted by Gasteiger charge is 2.43. The van der Waals surface area contributed by atoms with Crippen LogP contribution in [0, 0.1) is 24.7 Å². The maximum Gasteiger partial charge on any atom is 0.270 e. The van der Waals surface area contributed by atoms with Gasteiger partial charge in [-0.25, -0.2) is 4.98 Å². The lowest BCUT2D eigenvalue weighted by Crippen LogP contribution is -2.60. The van der Waals surface area contributed by atoms with Crippen molar-refractivity contribution in [3.05, 3.63) is 168 Å². The van der Waals surface area contributed by atoms with Gasteiger partial charge in [-0.05, 0) is 158 Å². The molecule has 2 aliphatic heterocycles. The Morgan fingerprint density at radius 1 is 0.652 bits per heavy atom. The molecule has 3 fully saturated rings. The molecule has 10 atom stereocenters. The molecule has 18 nitrogen and oxygen atoms in total. The number of aliphatic hydroxyl groups excluding tert-OH is 2. The number of aliphatic hydroxyl groups is 2. The van der Waals surface area contributed by atoms with Crippen LogP contribution in [0.4, 0.5) is 0 Å². The van der Waals surface area contributed by atoms with E-state index in [4.69, 9.17) is 4.74 Å². The summed E-state index contributed by atoms with van der Waals surface area (Å²) >= 11 is 1.57. The fraction of sp³-hybridized carbons (Fsp3) is 0.493. The fourth-order valence-corrected chi connectivity index (χ4v) is 13.6. The molecule has 4 heterocycles. The highest BCUT2D eigenvalue weighted by atomic mass is 32.2. The third-order valence-electron chi connectivity index (χ3n) is 17.5. The molecule has 6 aromatic rings. The Bertz CT molecular complexity index is 3370. The van der Waals surface area contributed by atoms with E-state index in [0.29, 0.717) is 73.2 Å².